The minimum atomic E-state index is 0.0221. The molecular formula is C50H92O2. The van der Waals surface area contributed by atoms with Crippen LogP contribution in [0.4, 0.5) is 0 Å². The Kier molecular flexibility index (Phi) is 38.3. The SMILES string of the molecule is CCC/C=C/CCCCCCCCCCCCCCCCCC/C=C1\OC(=O)C1CCCCCCCCCCCCCCCCCC/C=C/CCC. The van der Waals surface area contributed by atoms with E-state index in [1.54, 1.807) is 0 Å². The first kappa shape index (κ1) is 48.7. The van der Waals surface area contributed by atoms with Gasteiger partial charge in [-0.05, 0) is 63.9 Å². The maximum absolute atomic E-state index is 12.0. The molecule has 1 aliphatic heterocycles. The molecule has 52 heavy (non-hydrogen) atoms. The van der Waals surface area contributed by atoms with E-state index in [0.29, 0.717) is 0 Å². The van der Waals surface area contributed by atoms with Gasteiger partial charge in [0.05, 0.1) is 0 Å². The zero-order chi connectivity index (χ0) is 37.3. The molecule has 1 rings (SSSR count). The molecular weight excluding hydrogens is 633 g/mol. The first-order chi connectivity index (χ1) is 25.8. The average Bonchev–Trinajstić information content (AvgIpc) is 3.15. The maximum atomic E-state index is 12.0. The molecule has 2 nitrogen and oxygen atoms in total. The Morgan fingerprint density at radius 3 is 0.942 bits per heavy atom. The monoisotopic (exact) mass is 725 g/mol. The zero-order valence-corrected chi connectivity index (χ0v) is 35.6. The van der Waals surface area contributed by atoms with E-state index in [1.807, 2.05) is 0 Å². The molecule has 2 heteroatoms. The average molecular weight is 725 g/mol. The van der Waals surface area contributed by atoms with Gasteiger partial charge in [-0.3, -0.25) is 4.79 Å². The van der Waals surface area contributed by atoms with Crippen LogP contribution in [0.1, 0.15) is 271 Å². The Morgan fingerprint density at radius 2 is 0.635 bits per heavy atom. The number of carbonyl (C=O) groups excluding carboxylic acids is 1. The van der Waals surface area contributed by atoms with Gasteiger partial charge in [-0.15, -0.1) is 0 Å². The normalized spacial score (nSPS) is 15.4. The fourth-order valence-electron chi connectivity index (χ4n) is 7.78. The fourth-order valence-corrected chi connectivity index (χ4v) is 7.78. The summed E-state index contributed by atoms with van der Waals surface area (Å²) in [6.45, 7) is 4.50. The van der Waals surface area contributed by atoms with E-state index >= 15 is 0 Å². The van der Waals surface area contributed by atoms with Crippen LogP contribution >= 0.6 is 0 Å². The Labute approximate surface area is 327 Å². The maximum Gasteiger partial charge on any atom is 0.321 e. The highest BCUT2D eigenvalue weighted by molar-refractivity contribution is 5.82. The van der Waals surface area contributed by atoms with Gasteiger partial charge in [-0.25, -0.2) is 0 Å². The molecule has 0 spiro atoms. The second-order valence-electron chi connectivity index (χ2n) is 16.6. The molecule has 1 heterocycles. The summed E-state index contributed by atoms with van der Waals surface area (Å²) in [7, 11) is 0. The van der Waals surface area contributed by atoms with Crippen molar-refractivity contribution < 1.29 is 9.53 Å². The molecule has 0 bridgehead atoms. The molecule has 1 saturated heterocycles. The lowest BCUT2D eigenvalue weighted by Gasteiger charge is -2.28. The third-order valence-corrected chi connectivity index (χ3v) is 11.4. The molecule has 0 aromatic heterocycles. The van der Waals surface area contributed by atoms with Gasteiger partial charge in [0.1, 0.15) is 11.7 Å². The molecule has 1 fully saturated rings. The Morgan fingerprint density at radius 1 is 0.365 bits per heavy atom. The number of hydrogen-bond acceptors (Lipinski definition) is 2. The summed E-state index contributed by atoms with van der Waals surface area (Å²) in [5.41, 5.74) is 0. The van der Waals surface area contributed by atoms with Crippen LogP contribution in [0.25, 0.3) is 0 Å². The Bertz CT molecular complexity index is 822. The van der Waals surface area contributed by atoms with Crippen LogP contribution in [0.2, 0.25) is 0 Å². The van der Waals surface area contributed by atoms with Gasteiger partial charge in [0, 0.05) is 0 Å². The second-order valence-corrected chi connectivity index (χ2v) is 16.6. The van der Waals surface area contributed by atoms with Gasteiger partial charge in [0.25, 0.3) is 0 Å². The smallest absolute Gasteiger partial charge is 0.321 e. The van der Waals surface area contributed by atoms with Crippen LogP contribution in [0.3, 0.4) is 0 Å². The van der Waals surface area contributed by atoms with Gasteiger partial charge < -0.3 is 4.74 Å². The number of ether oxygens (including phenoxy) is 1. The van der Waals surface area contributed by atoms with Gasteiger partial charge in [-0.1, -0.05) is 237 Å². The highest BCUT2D eigenvalue weighted by Gasteiger charge is 2.36. The minimum Gasteiger partial charge on any atom is -0.430 e. The summed E-state index contributed by atoms with van der Waals surface area (Å²) in [4.78, 5) is 12.0. The van der Waals surface area contributed by atoms with Crippen LogP contribution in [-0.2, 0) is 9.53 Å². The number of carbonyl (C=O) groups is 1. The van der Waals surface area contributed by atoms with E-state index < -0.39 is 0 Å². The number of cyclic esters (lactones) is 1. The van der Waals surface area contributed by atoms with Gasteiger partial charge in [0.2, 0.25) is 0 Å². The van der Waals surface area contributed by atoms with Crippen LogP contribution in [-0.4, -0.2) is 5.97 Å². The Hall–Kier alpha value is -1.31. The number of rotatable bonds is 42. The van der Waals surface area contributed by atoms with Crippen molar-refractivity contribution >= 4 is 5.97 Å². The van der Waals surface area contributed by atoms with E-state index in [9.17, 15) is 4.79 Å². The molecule has 304 valence electrons. The van der Waals surface area contributed by atoms with Gasteiger partial charge in [0.15, 0.2) is 0 Å². The van der Waals surface area contributed by atoms with Crippen molar-refractivity contribution in [3.63, 3.8) is 0 Å². The standard InChI is InChI=1S/C50H92O2/c1-3-5-7-9-11-13-15-17-19-21-23-25-27-29-31-33-35-37-39-41-43-45-47-49-48(50(51)52-49)46-44-42-40-38-36-34-32-30-28-26-24-22-20-18-16-14-12-10-8-6-4-2/h7-10,47-48H,3-6,11-46H2,1-2H3/b9-7+,10-8+,49-47-. The van der Waals surface area contributed by atoms with E-state index in [-0.39, 0.29) is 11.9 Å². The lowest BCUT2D eigenvalue weighted by molar-refractivity contribution is -0.157. The molecule has 1 aliphatic rings. The first-order valence-electron chi connectivity index (χ1n) is 24.0. The number of esters is 1. The highest BCUT2D eigenvalue weighted by Crippen LogP contribution is 2.32. The third kappa shape index (κ3) is 33.3. The molecule has 1 atom stereocenters. The molecule has 0 aliphatic carbocycles. The predicted molar refractivity (Wildman–Crippen MR) is 232 cm³/mol. The van der Waals surface area contributed by atoms with E-state index in [1.165, 1.54) is 244 Å². The Balaban J connectivity index is 1.78. The summed E-state index contributed by atoms with van der Waals surface area (Å²) < 4.78 is 5.41. The largest absolute Gasteiger partial charge is 0.430 e. The van der Waals surface area contributed by atoms with Gasteiger partial charge in [-0.2, -0.15) is 0 Å². The molecule has 0 radical (unpaired) electrons. The van der Waals surface area contributed by atoms with E-state index in [2.05, 4.69) is 44.2 Å². The topological polar surface area (TPSA) is 26.3 Å². The number of unbranched alkanes of at least 4 members (excludes halogenated alkanes) is 35. The summed E-state index contributed by atoms with van der Waals surface area (Å²) in [6, 6.07) is 0. The first-order valence-corrected chi connectivity index (χ1v) is 24.0. The molecule has 0 saturated carbocycles. The van der Waals surface area contributed by atoms with Crippen molar-refractivity contribution in [2.24, 2.45) is 5.92 Å². The van der Waals surface area contributed by atoms with Crippen molar-refractivity contribution in [1.82, 2.24) is 0 Å². The molecule has 0 N–H and O–H groups in total. The zero-order valence-electron chi connectivity index (χ0n) is 35.6. The van der Waals surface area contributed by atoms with Crippen LogP contribution in [0.5, 0.6) is 0 Å². The summed E-state index contributed by atoms with van der Waals surface area (Å²) in [5, 5.41) is 0. The van der Waals surface area contributed by atoms with Gasteiger partial charge >= 0.3 is 5.97 Å². The van der Waals surface area contributed by atoms with Crippen LogP contribution < -0.4 is 0 Å². The molecule has 0 aromatic carbocycles. The van der Waals surface area contributed by atoms with Crippen molar-refractivity contribution in [3.8, 4) is 0 Å². The van der Waals surface area contributed by atoms with E-state index in [0.717, 1.165) is 18.6 Å². The summed E-state index contributed by atoms with van der Waals surface area (Å²) in [5.74, 6) is 1.08. The highest BCUT2D eigenvalue weighted by atomic mass is 16.6. The third-order valence-electron chi connectivity index (χ3n) is 11.4. The van der Waals surface area contributed by atoms with Crippen molar-refractivity contribution in [2.75, 3.05) is 0 Å². The lowest BCUT2D eigenvalue weighted by atomic mass is 9.93. The van der Waals surface area contributed by atoms with Crippen LogP contribution in [0.15, 0.2) is 36.1 Å². The second kappa shape index (κ2) is 40.9. The molecule has 0 aromatic rings. The quantitative estimate of drug-likeness (QED) is 0.0356. The number of hydrogen-bond donors (Lipinski definition) is 0. The van der Waals surface area contributed by atoms with E-state index in [4.69, 9.17) is 4.74 Å². The van der Waals surface area contributed by atoms with Crippen molar-refractivity contribution in [3.05, 3.63) is 36.1 Å². The number of allylic oxidation sites excluding steroid dienone is 5. The minimum absolute atomic E-state index is 0.0221. The van der Waals surface area contributed by atoms with Crippen LogP contribution in [0, 0.1) is 5.92 Å². The summed E-state index contributed by atoms with van der Waals surface area (Å²) in [6.07, 6.45) is 66.1. The van der Waals surface area contributed by atoms with Crippen molar-refractivity contribution in [2.45, 2.75) is 271 Å². The van der Waals surface area contributed by atoms with Crippen molar-refractivity contribution in [1.29, 1.82) is 0 Å². The summed E-state index contributed by atoms with van der Waals surface area (Å²) >= 11 is 0. The molecule has 1 unspecified atom stereocenters. The fraction of sp³-hybridized carbons (Fsp3) is 0.860. The lowest BCUT2D eigenvalue weighted by Crippen LogP contribution is -2.32. The molecule has 0 amide bonds. The predicted octanol–water partition coefficient (Wildman–Crippen LogP) is 17.8.